The quantitative estimate of drug-likeness (QED) is 0.731. The molecule has 3 nitrogen and oxygen atoms in total. The van der Waals surface area contributed by atoms with Gasteiger partial charge in [0.15, 0.2) is 0 Å². The van der Waals surface area contributed by atoms with Gasteiger partial charge in [0.05, 0.1) is 27.9 Å². The SMILES string of the molecule is CC(Cc1nc2ccccc2s1)N[C@H](CO)c1ccccc1. The molecule has 0 aliphatic carbocycles. The van der Waals surface area contributed by atoms with Gasteiger partial charge in [-0.1, -0.05) is 42.5 Å². The molecule has 0 bridgehead atoms. The van der Waals surface area contributed by atoms with Gasteiger partial charge in [0.25, 0.3) is 0 Å². The number of aliphatic hydroxyl groups excluding tert-OH is 1. The van der Waals surface area contributed by atoms with E-state index in [-0.39, 0.29) is 18.7 Å². The van der Waals surface area contributed by atoms with Crippen molar-refractivity contribution in [3.05, 3.63) is 65.2 Å². The number of fused-ring (bicyclic) bond motifs is 1. The standard InChI is InChI=1S/C18H20N2OS/c1-13(19-16(12-21)14-7-3-2-4-8-14)11-18-20-15-9-5-6-10-17(15)22-18/h2-10,13,16,19,21H,11-12H2,1H3/t13?,16-/m1/s1. The molecule has 0 saturated carbocycles. The van der Waals surface area contributed by atoms with Crippen LogP contribution in [0.15, 0.2) is 54.6 Å². The minimum Gasteiger partial charge on any atom is -0.394 e. The lowest BCUT2D eigenvalue weighted by Crippen LogP contribution is -2.34. The third kappa shape index (κ3) is 3.53. The zero-order chi connectivity index (χ0) is 15.4. The lowest BCUT2D eigenvalue weighted by atomic mass is 10.1. The molecule has 3 aromatic rings. The number of aliphatic hydroxyl groups is 1. The van der Waals surface area contributed by atoms with Crippen LogP contribution in [-0.4, -0.2) is 22.7 Å². The number of rotatable bonds is 6. The summed E-state index contributed by atoms with van der Waals surface area (Å²) < 4.78 is 1.23. The molecule has 0 fully saturated rings. The first-order chi connectivity index (χ1) is 10.8. The number of hydrogen-bond acceptors (Lipinski definition) is 4. The molecule has 4 heteroatoms. The lowest BCUT2D eigenvalue weighted by molar-refractivity contribution is 0.234. The van der Waals surface area contributed by atoms with E-state index in [1.54, 1.807) is 11.3 Å². The van der Waals surface area contributed by atoms with E-state index in [0.29, 0.717) is 0 Å². The minimum atomic E-state index is -0.0365. The Bertz CT molecular complexity index is 693. The van der Waals surface area contributed by atoms with Crippen molar-refractivity contribution in [2.75, 3.05) is 6.61 Å². The molecule has 0 aliphatic rings. The summed E-state index contributed by atoms with van der Waals surface area (Å²) in [5.74, 6) is 0. The highest BCUT2D eigenvalue weighted by molar-refractivity contribution is 7.18. The van der Waals surface area contributed by atoms with Crippen molar-refractivity contribution in [1.82, 2.24) is 10.3 Å². The number of aromatic nitrogens is 1. The minimum absolute atomic E-state index is 0.0365. The molecule has 2 N–H and O–H groups in total. The number of hydrogen-bond donors (Lipinski definition) is 2. The Morgan fingerprint density at radius 1 is 1.09 bits per heavy atom. The number of benzene rings is 2. The average molecular weight is 312 g/mol. The van der Waals surface area contributed by atoms with Crippen molar-refractivity contribution in [1.29, 1.82) is 0 Å². The van der Waals surface area contributed by atoms with E-state index >= 15 is 0 Å². The number of nitrogens with one attached hydrogen (secondary N) is 1. The Kier molecular flexibility index (Phi) is 4.83. The summed E-state index contributed by atoms with van der Waals surface area (Å²) in [7, 11) is 0. The van der Waals surface area contributed by atoms with Crippen molar-refractivity contribution in [3.63, 3.8) is 0 Å². The maximum absolute atomic E-state index is 9.63. The fraction of sp³-hybridized carbons (Fsp3) is 0.278. The number of thiazole rings is 1. The van der Waals surface area contributed by atoms with E-state index < -0.39 is 0 Å². The van der Waals surface area contributed by atoms with E-state index in [9.17, 15) is 5.11 Å². The molecule has 0 saturated heterocycles. The van der Waals surface area contributed by atoms with Gasteiger partial charge in [-0.25, -0.2) is 4.98 Å². The molecule has 3 rings (SSSR count). The van der Waals surface area contributed by atoms with Gasteiger partial charge in [-0.3, -0.25) is 0 Å². The highest BCUT2D eigenvalue weighted by Crippen LogP contribution is 2.23. The van der Waals surface area contributed by atoms with E-state index in [2.05, 4.69) is 23.3 Å². The van der Waals surface area contributed by atoms with Crippen molar-refractivity contribution in [3.8, 4) is 0 Å². The molecule has 0 radical (unpaired) electrons. The van der Waals surface area contributed by atoms with Crippen LogP contribution in [0.1, 0.15) is 23.5 Å². The second-order valence-electron chi connectivity index (χ2n) is 5.49. The van der Waals surface area contributed by atoms with Gasteiger partial charge in [0.2, 0.25) is 0 Å². The summed E-state index contributed by atoms with van der Waals surface area (Å²) in [6.07, 6.45) is 0.864. The monoisotopic (exact) mass is 312 g/mol. The van der Waals surface area contributed by atoms with Crippen LogP contribution in [0.4, 0.5) is 0 Å². The average Bonchev–Trinajstić information content (AvgIpc) is 2.95. The van der Waals surface area contributed by atoms with Crippen LogP contribution >= 0.6 is 11.3 Å². The predicted molar refractivity (Wildman–Crippen MR) is 92.2 cm³/mol. The Morgan fingerprint density at radius 3 is 2.55 bits per heavy atom. The second kappa shape index (κ2) is 7.01. The Labute approximate surface area is 134 Å². The van der Waals surface area contributed by atoms with Crippen LogP contribution in [0, 0.1) is 0 Å². The summed E-state index contributed by atoms with van der Waals surface area (Å²) in [6, 6.07) is 18.5. The molecule has 0 spiro atoms. The summed E-state index contributed by atoms with van der Waals surface area (Å²) >= 11 is 1.74. The van der Waals surface area contributed by atoms with Crippen LogP contribution in [0.2, 0.25) is 0 Å². The number of nitrogens with zero attached hydrogens (tertiary/aromatic N) is 1. The Hall–Kier alpha value is -1.75. The molecular formula is C18H20N2OS. The third-order valence-electron chi connectivity index (χ3n) is 3.69. The van der Waals surface area contributed by atoms with E-state index in [1.165, 1.54) is 4.70 Å². The molecular weight excluding hydrogens is 292 g/mol. The normalized spacial score (nSPS) is 14.1. The topological polar surface area (TPSA) is 45.2 Å². The van der Waals surface area contributed by atoms with Gasteiger partial charge in [-0.2, -0.15) is 0 Å². The molecule has 22 heavy (non-hydrogen) atoms. The van der Waals surface area contributed by atoms with Crippen LogP contribution in [0.5, 0.6) is 0 Å². The van der Waals surface area contributed by atoms with Crippen molar-refractivity contribution in [2.45, 2.75) is 25.4 Å². The lowest BCUT2D eigenvalue weighted by Gasteiger charge is -2.21. The first-order valence-corrected chi connectivity index (χ1v) is 8.34. The fourth-order valence-electron chi connectivity index (χ4n) is 2.61. The Morgan fingerprint density at radius 2 is 1.82 bits per heavy atom. The van der Waals surface area contributed by atoms with E-state index in [4.69, 9.17) is 0 Å². The van der Waals surface area contributed by atoms with Gasteiger partial charge in [0.1, 0.15) is 0 Å². The second-order valence-corrected chi connectivity index (χ2v) is 6.61. The zero-order valence-corrected chi connectivity index (χ0v) is 13.4. The van der Waals surface area contributed by atoms with Crippen LogP contribution < -0.4 is 5.32 Å². The van der Waals surface area contributed by atoms with Crippen LogP contribution in [-0.2, 0) is 6.42 Å². The third-order valence-corrected chi connectivity index (χ3v) is 4.75. The van der Waals surface area contributed by atoms with Gasteiger partial charge in [-0.15, -0.1) is 11.3 Å². The van der Waals surface area contributed by atoms with Crippen molar-refractivity contribution < 1.29 is 5.11 Å². The molecule has 1 heterocycles. The van der Waals surface area contributed by atoms with Crippen molar-refractivity contribution >= 4 is 21.6 Å². The molecule has 1 aromatic heterocycles. The Balaban J connectivity index is 1.67. The van der Waals surface area contributed by atoms with Crippen molar-refractivity contribution in [2.24, 2.45) is 0 Å². The largest absolute Gasteiger partial charge is 0.394 e. The summed E-state index contributed by atoms with van der Waals surface area (Å²) in [4.78, 5) is 4.67. The highest BCUT2D eigenvalue weighted by Gasteiger charge is 2.15. The molecule has 0 amide bonds. The highest BCUT2D eigenvalue weighted by atomic mass is 32.1. The maximum Gasteiger partial charge on any atom is 0.0954 e. The van der Waals surface area contributed by atoms with Gasteiger partial charge in [-0.05, 0) is 24.6 Å². The molecule has 114 valence electrons. The zero-order valence-electron chi connectivity index (χ0n) is 12.6. The summed E-state index contributed by atoms with van der Waals surface area (Å²) in [5, 5.41) is 14.3. The summed E-state index contributed by atoms with van der Waals surface area (Å²) in [6.45, 7) is 2.23. The van der Waals surface area contributed by atoms with Gasteiger partial charge >= 0.3 is 0 Å². The van der Waals surface area contributed by atoms with Gasteiger partial charge < -0.3 is 10.4 Å². The first-order valence-electron chi connectivity index (χ1n) is 7.52. The van der Waals surface area contributed by atoms with Crippen LogP contribution in [0.25, 0.3) is 10.2 Å². The molecule has 2 atom stereocenters. The first kappa shape index (κ1) is 15.2. The fourth-order valence-corrected chi connectivity index (χ4v) is 3.71. The van der Waals surface area contributed by atoms with E-state index in [0.717, 1.165) is 22.5 Å². The van der Waals surface area contributed by atoms with E-state index in [1.807, 2.05) is 48.5 Å². The molecule has 2 aromatic carbocycles. The molecule has 1 unspecified atom stereocenters. The van der Waals surface area contributed by atoms with Crippen LogP contribution in [0.3, 0.4) is 0 Å². The van der Waals surface area contributed by atoms with Gasteiger partial charge in [0, 0.05) is 12.5 Å². The summed E-state index contributed by atoms with van der Waals surface area (Å²) in [5.41, 5.74) is 2.18. The molecule has 0 aliphatic heterocycles. The number of para-hydroxylation sites is 1. The maximum atomic E-state index is 9.63. The smallest absolute Gasteiger partial charge is 0.0954 e. The predicted octanol–water partition coefficient (Wildman–Crippen LogP) is 3.55.